The highest BCUT2D eigenvalue weighted by molar-refractivity contribution is 5.93. The van der Waals surface area contributed by atoms with Gasteiger partial charge < -0.3 is 10.1 Å². The molecule has 116 valence electrons. The molecule has 0 saturated carbocycles. The van der Waals surface area contributed by atoms with E-state index in [2.05, 4.69) is 26.8 Å². The molecule has 2 aromatic rings. The van der Waals surface area contributed by atoms with Crippen molar-refractivity contribution in [2.24, 2.45) is 0 Å². The standard InChI is InChI=1S/C16H20N4O2/c1-9-5-6-13-11(7-9)12(8-16(3,4)22-13)17-15(21)14-10(2)18-20-19-14/h5-7,12H,8H2,1-4H3,(H,17,21)(H,18,19,20)/t12-/m0/s1. The largest absolute Gasteiger partial charge is 0.487 e. The first-order valence-corrected chi connectivity index (χ1v) is 7.33. The van der Waals surface area contributed by atoms with E-state index < -0.39 is 0 Å². The van der Waals surface area contributed by atoms with E-state index in [1.165, 1.54) is 0 Å². The SMILES string of the molecule is Cc1ccc2c(c1)[C@@H](NC(=O)c1n[nH]nc1C)CC(C)(C)O2. The van der Waals surface area contributed by atoms with E-state index in [0.29, 0.717) is 17.8 Å². The number of hydrogen-bond donors (Lipinski definition) is 2. The molecule has 0 aliphatic carbocycles. The van der Waals surface area contributed by atoms with Crippen LogP contribution in [0, 0.1) is 13.8 Å². The fraction of sp³-hybridized carbons (Fsp3) is 0.438. The zero-order valence-corrected chi connectivity index (χ0v) is 13.2. The molecule has 0 spiro atoms. The zero-order chi connectivity index (χ0) is 15.9. The molecule has 0 saturated heterocycles. The van der Waals surface area contributed by atoms with Gasteiger partial charge in [-0.3, -0.25) is 4.79 Å². The topological polar surface area (TPSA) is 79.9 Å². The van der Waals surface area contributed by atoms with Gasteiger partial charge in [-0.1, -0.05) is 17.7 Å². The molecule has 1 aromatic carbocycles. The maximum absolute atomic E-state index is 12.4. The molecule has 1 aliphatic rings. The average Bonchev–Trinajstić information content (AvgIpc) is 2.85. The van der Waals surface area contributed by atoms with E-state index in [1.54, 1.807) is 6.92 Å². The Bertz CT molecular complexity index is 721. The Balaban J connectivity index is 1.92. The van der Waals surface area contributed by atoms with Crippen molar-refractivity contribution in [1.29, 1.82) is 0 Å². The van der Waals surface area contributed by atoms with Crippen LogP contribution in [0.5, 0.6) is 5.75 Å². The lowest BCUT2D eigenvalue weighted by molar-refractivity contribution is 0.0617. The van der Waals surface area contributed by atoms with E-state index in [0.717, 1.165) is 16.9 Å². The highest BCUT2D eigenvalue weighted by atomic mass is 16.5. The van der Waals surface area contributed by atoms with Crippen LogP contribution >= 0.6 is 0 Å². The normalized spacial score (nSPS) is 19.2. The molecule has 1 aromatic heterocycles. The monoisotopic (exact) mass is 300 g/mol. The molecule has 1 aliphatic heterocycles. The zero-order valence-electron chi connectivity index (χ0n) is 13.2. The van der Waals surface area contributed by atoms with Crippen molar-refractivity contribution in [3.8, 4) is 5.75 Å². The van der Waals surface area contributed by atoms with Crippen molar-refractivity contribution in [3.05, 3.63) is 40.7 Å². The third-order valence-electron chi connectivity index (χ3n) is 3.87. The number of ether oxygens (including phenoxy) is 1. The number of amides is 1. The van der Waals surface area contributed by atoms with Crippen molar-refractivity contribution in [2.75, 3.05) is 0 Å². The van der Waals surface area contributed by atoms with E-state index in [1.807, 2.05) is 32.9 Å². The number of rotatable bonds is 2. The van der Waals surface area contributed by atoms with E-state index in [4.69, 9.17) is 4.74 Å². The number of carbonyl (C=O) groups is 1. The summed E-state index contributed by atoms with van der Waals surface area (Å²) >= 11 is 0. The van der Waals surface area contributed by atoms with Crippen molar-refractivity contribution in [1.82, 2.24) is 20.7 Å². The molecule has 2 heterocycles. The van der Waals surface area contributed by atoms with Crippen LogP contribution in [0.2, 0.25) is 0 Å². The maximum Gasteiger partial charge on any atom is 0.274 e. The van der Waals surface area contributed by atoms with Crippen LogP contribution < -0.4 is 10.1 Å². The summed E-state index contributed by atoms with van der Waals surface area (Å²) in [6, 6.07) is 5.93. The number of aryl methyl sites for hydroxylation is 2. The second kappa shape index (κ2) is 5.12. The molecule has 3 rings (SSSR count). The van der Waals surface area contributed by atoms with Crippen LogP contribution in [0.4, 0.5) is 0 Å². The van der Waals surface area contributed by atoms with Gasteiger partial charge in [0.15, 0.2) is 5.69 Å². The average molecular weight is 300 g/mol. The van der Waals surface area contributed by atoms with E-state index >= 15 is 0 Å². The minimum absolute atomic E-state index is 0.109. The van der Waals surface area contributed by atoms with Crippen molar-refractivity contribution in [3.63, 3.8) is 0 Å². The number of H-pyrrole nitrogens is 1. The Morgan fingerprint density at radius 3 is 2.82 bits per heavy atom. The van der Waals surface area contributed by atoms with Gasteiger partial charge in [-0.15, -0.1) is 0 Å². The van der Waals surface area contributed by atoms with E-state index in [9.17, 15) is 4.79 Å². The van der Waals surface area contributed by atoms with Gasteiger partial charge in [0, 0.05) is 12.0 Å². The predicted molar refractivity (Wildman–Crippen MR) is 81.8 cm³/mol. The van der Waals surface area contributed by atoms with Crippen molar-refractivity contribution < 1.29 is 9.53 Å². The number of carbonyl (C=O) groups excluding carboxylic acids is 1. The molecular weight excluding hydrogens is 280 g/mol. The number of benzene rings is 1. The van der Waals surface area contributed by atoms with Gasteiger partial charge in [-0.05, 0) is 33.8 Å². The summed E-state index contributed by atoms with van der Waals surface area (Å²) < 4.78 is 6.02. The highest BCUT2D eigenvalue weighted by Crippen LogP contribution is 2.39. The number of hydrogen-bond acceptors (Lipinski definition) is 4. The first-order chi connectivity index (χ1) is 10.4. The molecule has 0 radical (unpaired) electrons. The lowest BCUT2D eigenvalue weighted by Gasteiger charge is -2.38. The fourth-order valence-corrected chi connectivity index (χ4v) is 2.83. The molecule has 6 nitrogen and oxygen atoms in total. The quantitative estimate of drug-likeness (QED) is 0.893. The smallest absolute Gasteiger partial charge is 0.274 e. The first-order valence-electron chi connectivity index (χ1n) is 7.33. The minimum atomic E-state index is -0.334. The summed E-state index contributed by atoms with van der Waals surface area (Å²) in [4.78, 5) is 12.4. The highest BCUT2D eigenvalue weighted by Gasteiger charge is 2.35. The lowest BCUT2D eigenvalue weighted by atomic mass is 9.89. The molecule has 1 amide bonds. The number of nitrogens with zero attached hydrogens (tertiary/aromatic N) is 2. The van der Waals surface area contributed by atoms with Gasteiger partial charge in [0.2, 0.25) is 0 Å². The molecule has 6 heteroatoms. The van der Waals surface area contributed by atoms with Gasteiger partial charge in [0.05, 0.1) is 11.7 Å². The van der Waals surface area contributed by atoms with Gasteiger partial charge in [-0.25, -0.2) is 0 Å². The summed E-state index contributed by atoms with van der Waals surface area (Å²) in [7, 11) is 0. The van der Waals surface area contributed by atoms with Crippen LogP contribution in [0.25, 0.3) is 0 Å². The van der Waals surface area contributed by atoms with Gasteiger partial charge in [0.1, 0.15) is 11.4 Å². The summed E-state index contributed by atoms with van der Waals surface area (Å²) in [6.45, 7) is 7.83. The molecule has 2 N–H and O–H groups in total. The molecule has 1 atom stereocenters. The minimum Gasteiger partial charge on any atom is -0.487 e. The van der Waals surface area contributed by atoms with E-state index in [-0.39, 0.29) is 17.6 Å². The van der Waals surface area contributed by atoms with Crippen LogP contribution in [-0.4, -0.2) is 26.9 Å². The van der Waals surface area contributed by atoms with Crippen LogP contribution in [0.15, 0.2) is 18.2 Å². The Morgan fingerprint density at radius 1 is 1.36 bits per heavy atom. The Morgan fingerprint density at radius 2 is 2.14 bits per heavy atom. The fourth-order valence-electron chi connectivity index (χ4n) is 2.83. The molecule has 0 bridgehead atoms. The summed E-state index contributed by atoms with van der Waals surface area (Å²) in [5.74, 6) is 0.602. The molecule has 22 heavy (non-hydrogen) atoms. The van der Waals surface area contributed by atoms with Crippen molar-refractivity contribution >= 4 is 5.91 Å². The number of aromatic nitrogens is 3. The maximum atomic E-state index is 12.4. The second-order valence-corrected chi connectivity index (χ2v) is 6.39. The Labute approximate surface area is 129 Å². The Kier molecular flexibility index (Phi) is 3.39. The van der Waals surface area contributed by atoms with Crippen LogP contribution in [-0.2, 0) is 0 Å². The van der Waals surface area contributed by atoms with Crippen molar-refractivity contribution in [2.45, 2.75) is 45.8 Å². The molecule has 0 fully saturated rings. The van der Waals surface area contributed by atoms with Gasteiger partial charge in [0.25, 0.3) is 5.91 Å². The summed E-state index contributed by atoms with van der Waals surface area (Å²) in [5.41, 5.74) is 2.73. The van der Waals surface area contributed by atoms with Gasteiger partial charge in [-0.2, -0.15) is 15.4 Å². The summed E-state index contributed by atoms with van der Waals surface area (Å²) in [5, 5.41) is 13.3. The number of nitrogens with one attached hydrogen (secondary N) is 2. The summed E-state index contributed by atoms with van der Waals surface area (Å²) in [6.07, 6.45) is 0.700. The van der Waals surface area contributed by atoms with Gasteiger partial charge >= 0.3 is 0 Å². The first kappa shape index (κ1) is 14.6. The molecular formula is C16H20N4O2. The lowest BCUT2D eigenvalue weighted by Crippen LogP contribution is -2.41. The van der Waals surface area contributed by atoms with Crippen LogP contribution in [0.3, 0.4) is 0 Å². The number of fused-ring (bicyclic) bond motifs is 1. The van der Waals surface area contributed by atoms with Crippen LogP contribution in [0.1, 0.15) is 53.6 Å². The second-order valence-electron chi connectivity index (χ2n) is 6.39. The Hall–Kier alpha value is -2.37. The molecule has 0 unspecified atom stereocenters. The predicted octanol–water partition coefficient (Wildman–Crippen LogP) is 2.45. The third kappa shape index (κ3) is 2.68. The number of aromatic amines is 1. The third-order valence-corrected chi connectivity index (χ3v) is 3.87.